The summed E-state index contributed by atoms with van der Waals surface area (Å²) in [6, 6.07) is 29.5. The average Bonchev–Trinajstić information content (AvgIpc) is 3.18. The van der Waals surface area contributed by atoms with Gasteiger partial charge in [-0.3, -0.25) is 10.5 Å². The van der Waals surface area contributed by atoms with Crippen molar-refractivity contribution in [1.29, 1.82) is 0 Å². The lowest BCUT2D eigenvalue weighted by atomic mass is 9.47. The molecule has 13 heteroatoms. The fourth-order valence-electron chi connectivity index (χ4n) is 20.5. The SMILES string of the molecule is NCOc1cc(CCC(=O)[C@H]2C[C@H](Cc3ccc(O)cc3O)[C@H]3C[C@H]4C[C@H]([C@@]56CC[C@]7(CC[C@]8(CCC9(CCCC9)[C@H]8CO)C7)[C@@H]5c5cc[nH]c5-c5ccccc56)[C@H](c5cc(O)c(O)c(OCc6cccc(O)c6)c54)[C@@H]3[C@H]2O)ccc1O. The summed E-state index contributed by atoms with van der Waals surface area (Å²) in [5, 5.41) is 92.9. The van der Waals surface area contributed by atoms with Gasteiger partial charge < -0.3 is 55.3 Å². The highest BCUT2D eigenvalue weighted by Gasteiger charge is 2.72. The third kappa shape index (κ3) is 8.12. The summed E-state index contributed by atoms with van der Waals surface area (Å²) in [6.45, 7) is 0.0957. The lowest BCUT2D eigenvalue weighted by Crippen LogP contribution is -2.53. The minimum absolute atomic E-state index is 0.00436. The summed E-state index contributed by atoms with van der Waals surface area (Å²) in [5.41, 5.74) is 14.0. The van der Waals surface area contributed by atoms with Crippen LogP contribution in [0, 0.1) is 51.8 Å². The van der Waals surface area contributed by atoms with E-state index in [-0.39, 0.29) is 130 Å². The van der Waals surface area contributed by atoms with E-state index < -0.39 is 29.3 Å². The van der Waals surface area contributed by atoms with Crippen molar-refractivity contribution in [2.75, 3.05) is 13.3 Å². The van der Waals surface area contributed by atoms with E-state index in [1.807, 2.05) is 6.07 Å². The number of ether oxygens (including phenoxy) is 2. The molecule has 2 bridgehead atoms. The smallest absolute Gasteiger partial charge is 0.200 e. The Balaban J connectivity index is 0.947. The van der Waals surface area contributed by atoms with Crippen molar-refractivity contribution in [2.24, 2.45) is 57.5 Å². The minimum Gasteiger partial charge on any atom is -0.508 e. The number of nitrogens with two attached hydrogens (primary N) is 1. The first-order chi connectivity index (χ1) is 39.7. The van der Waals surface area contributed by atoms with Crippen molar-refractivity contribution in [2.45, 2.75) is 145 Å². The predicted octanol–water partition coefficient (Wildman–Crippen LogP) is 12.0. The molecule has 0 radical (unpaired) electrons. The topological polar surface area (TPSA) is 239 Å². The molecule has 3 spiro atoms. The largest absolute Gasteiger partial charge is 0.508 e. The number of benzene rings is 5. The van der Waals surface area contributed by atoms with Gasteiger partial charge in [0.05, 0.1) is 6.10 Å². The molecule has 82 heavy (non-hydrogen) atoms. The van der Waals surface area contributed by atoms with Gasteiger partial charge in [0.1, 0.15) is 36.4 Å². The fraction of sp³-hybridized carbons (Fsp3) is 0.493. The van der Waals surface area contributed by atoms with Crippen molar-refractivity contribution < 1.29 is 55.1 Å². The van der Waals surface area contributed by atoms with Gasteiger partial charge in [-0.15, -0.1) is 0 Å². The van der Waals surface area contributed by atoms with Gasteiger partial charge in [-0.1, -0.05) is 61.4 Å². The Kier molecular flexibility index (Phi) is 13.0. The maximum atomic E-state index is 15.4. The second-order valence-electron chi connectivity index (χ2n) is 26.8. The number of aliphatic hydroxyl groups excluding tert-OH is 2. The average molecular weight is 1110 g/mol. The predicted molar refractivity (Wildman–Crippen MR) is 309 cm³/mol. The molecule has 13 nitrogen and oxygen atoms in total. The summed E-state index contributed by atoms with van der Waals surface area (Å²) in [5.74, 6) is -2.78. The van der Waals surface area contributed by atoms with Crippen molar-refractivity contribution in [3.05, 3.63) is 142 Å². The van der Waals surface area contributed by atoms with Crippen LogP contribution in [-0.2, 0) is 29.7 Å². The summed E-state index contributed by atoms with van der Waals surface area (Å²) in [4.78, 5) is 19.1. The summed E-state index contributed by atoms with van der Waals surface area (Å²) >= 11 is 0. The number of fused-ring (bicyclic) bond motifs is 9. The molecule has 1 heterocycles. The highest BCUT2D eigenvalue weighted by atomic mass is 16.5. The maximum Gasteiger partial charge on any atom is 0.200 e. The van der Waals surface area contributed by atoms with Crippen LogP contribution < -0.4 is 15.2 Å². The number of phenolic OH excluding ortho intramolecular Hbond substituents is 6. The summed E-state index contributed by atoms with van der Waals surface area (Å²) in [6.07, 6.45) is 15.7. The molecule has 0 saturated heterocycles. The van der Waals surface area contributed by atoms with Crippen LogP contribution in [0.15, 0.2) is 103 Å². The number of rotatable bonds is 13. The molecule has 1 aromatic heterocycles. The number of aliphatic hydroxyl groups is 2. The van der Waals surface area contributed by atoms with E-state index in [4.69, 9.17) is 15.2 Å². The zero-order valence-corrected chi connectivity index (χ0v) is 46.6. The molecule has 5 aromatic carbocycles. The number of ketones is 1. The fourth-order valence-corrected chi connectivity index (χ4v) is 20.5. The number of phenols is 6. The molecule has 6 fully saturated rings. The van der Waals surface area contributed by atoms with Gasteiger partial charge in [0.15, 0.2) is 23.0 Å². The van der Waals surface area contributed by atoms with Crippen LogP contribution in [0.25, 0.3) is 11.3 Å². The normalized spacial score (nSPS) is 32.5. The number of aromatic nitrogens is 1. The number of hydrogen-bond donors (Lipinski definition) is 10. The molecule has 0 amide bonds. The quantitative estimate of drug-likeness (QED) is 0.0384. The highest BCUT2D eigenvalue weighted by molar-refractivity contribution is 5.82. The van der Waals surface area contributed by atoms with E-state index in [9.17, 15) is 40.9 Å². The standard InChI is InChI=1S/C69H78N2O11/c70-37-82-56-27-38(11-15-53(56)76)10-14-52(75)48-29-41(28-40-12-13-44(74)32-54(40)77)47-30-42-31-51(59(60(47)62(48)79)49-33-55(78)63(80)64(58(42)49)81-35-39-6-5-7-43(73)26-39)69-24-23-68(65(69)46-16-25-71-61(46)45-8-1-2-9-50(45)69)22-21-67(36-68)20-19-66(57(67)34-72)17-3-4-18-66/h1-2,5-9,11-13,15-16,25-27,32-33,41-42,47-48,51,57,59-60,62,65,71-74,76-80H,3-4,10,14,17-24,28-31,34-37,70H2/t41-,42-,47+,48+,51-,57+,59-,60+,62-,65-,67+,68-,69-/m0/s1. The summed E-state index contributed by atoms with van der Waals surface area (Å²) < 4.78 is 12.3. The third-order valence-corrected chi connectivity index (χ3v) is 23.5. The highest BCUT2D eigenvalue weighted by Crippen LogP contribution is 2.80. The molecule has 430 valence electrons. The first kappa shape index (κ1) is 53.3. The molecule has 9 aliphatic rings. The van der Waals surface area contributed by atoms with E-state index in [1.54, 1.807) is 48.5 Å². The number of aromatic hydroxyl groups is 6. The van der Waals surface area contributed by atoms with Gasteiger partial charge in [-0.05, 0) is 223 Å². The molecule has 0 unspecified atom stereocenters. The zero-order valence-electron chi connectivity index (χ0n) is 46.6. The number of hydrogen-bond acceptors (Lipinski definition) is 12. The molecular formula is C69H78N2O11. The van der Waals surface area contributed by atoms with Crippen LogP contribution in [0.2, 0.25) is 0 Å². The Labute approximate surface area is 479 Å². The molecule has 6 aromatic rings. The Bertz CT molecular complexity index is 3460. The number of carbonyl (C=O) groups excluding carboxylic acids is 1. The van der Waals surface area contributed by atoms with E-state index in [1.165, 1.54) is 60.9 Å². The Morgan fingerprint density at radius 3 is 2.28 bits per heavy atom. The number of H-pyrrole nitrogens is 1. The molecule has 13 atom stereocenters. The van der Waals surface area contributed by atoms with Gasteiger partial charge in [0, 0.05) is 59.4 Å². The van der Waals surface area contributed by atoms with Crippen molar-refractivity contribution in [3.8, 4) is 57.3 Å². The van der Waals surface area contributed by atoms with Gasteiger partial charge in [0.25, 0.3) is 0 Å². The van der Waals surface area contributed by atoms with Gasteiger partial charge in [-0.25, -0.2) is 0 Å². The number of aromatic amines is 1. The third-order valence-electron chi connectivity index (χ3n) is 23.5. The maximum absolute atomic E-state index is 15.4. The van der Waals surface area contributed by atoms with Gasteiger partial charge in [0.2, 0.25) is 5.75 Å². The zero-order chi connectivity index (χ0) is 56.5. The molecule has 6 saturated carbocycles. The van der Waals surface area contributed by atoms with E-state index in [0.29, 0.717) is 43.2 Å². The Morgan fingerprint density at radius 1 is 0.707 bits per heavy atom. The van der Waals surface area contributed by atoms with Crippen molar-refractivity contribution in [1.82, 2.24) is 4.98 Å². The monoisotopic (exact) mass is 1110 g/mol. The first-order valence-electron chi connectivity index (χ1n) is 30.4. The number of Topliss-reactive ketones (excluding diaryl/α,β-unsaturated/α-hetero) is 1. The van der Waals surface area contributed by atoms with Crippen LogP contribution in [0.3, 0.4) is 0 Å². The molecule has 11 N–H and O–H groups in total. The second kappa shape index (κ2) is 20.0. The van der Waals surface area contributed by atoms with Crippen LogP contribution in [0.5, 0.6) is 46.0 Å². The second-order valence-corrected chi connectivity index (χ2v) is 26.8. The molecule has 15 rings (SSSR count). The van der Waals surface area contributed by atoms with Crippen LogP contribution in [0.4, 0.5) is 0 Å². The Morgan fingerprint density at radius 2 is 1.49 bits per heavy atom. The van der Waals surface area contributed by atoms with E-state index >= 15 is 4.79 Å². The molecule has 9 aliphatic carbocycles. The Hall–Kier alpha value is -6.67. The van der Waals surface area contributed by atoms with E-state index in [0.717, 1.165) is 60.9 Å². The van der Waals surface area contributed by atoms with Crippen molar-refractivity contribution in [3.63, 3.8) is 0 Å². The summed E-state index contributed by atoms with van der Waals surface area (Å²) in [7, 11) is 0. The lowest BCUT2D eigenvalue weighted by molar-refractivity contribution is -0.136. The van der Waals surface area contributed by atoms with Crippen LogP contribution in [0.1, 0.15) is 153 Å². The van der Waals surface area contributed by atoms with E-state index in [2.05, 4.69) is 41.5 Å². The number of aryl methyl sites for hydroxylation is 1. The molecular weight excluding hydrogens is 1030 g/mol. The van der Waals surface area contributed by atoms with Gasteiger partial charge >= 0.3 is 0 Å². The van der Waals surface area contributed by atoms with Crippen LogP contribution in [-0.4, -0.2) is 71.1 Å². The number of carbonyl (C=O) groups is 1. The van der Waals surface area contributed by atoms with Crippen LogP contribution >= 0.6 is 0 Å². The van der Waals surface area contributed by atoms with Crippen molar-refractivity contribution >= 4 is 5.78 Å². The molecule has 0 aliphatic heterocycles. The lowest BCUT2D eigenvalue weighted by Gasteiger charge is -2.56. The first-order valence-corrected chi connectivity index (χ1v) is 30.4. The van der Waals surface area contributed by atoms with Gasteiger partial charge in [-0.2, -0.15) is 0 Å². The minimum atomic E-state index is -1.13. The number of nitrogens with one attached hydrogen (secondary N) is 1.